The molecule has 3 heterocycles. The number of hydrogen-bond acceptors (Lipinski definition) is 4. The predicted octanol–water partition coefficient (Wildman–Crippen LogP) is 3.35. The first-order chi connectivity index (χ1) is 10.5. The average molecular weight is 321 g/mol. The number of fused-ring (bicyclic) bond motifs is 1. The van der Waals surface area contributed by atoms with E-state index < -0.39 is 0 Å². The van der Waals surface area contributed by atoms with Gasteiger partial charge in [-0.2, -0.15) is 0 Å². The number of aromatic nitrogens is 3. The fourth-order valence-corrected chi connectivity index (χ4v) is 2.78. The molecule has 116 valence electrons. The second-order valence-corrected chi connectivity index (χ2v) is 6.28. The summed E-state index contributed by atoms with van der Waals surface area (Å²) in [4.78, 5) is 15.1. The summed E-state index contributed by atoms with van der Waals surface area (Å²) in [6, 6.07) is 1.45. The summed E-state index contributed by atoms with van der Waals surface area (Å²) < 4.78 is 13.3. The van der Waals surface area contributed by atoms with E-state index in [4.69, 9.17) is 11.6 Å². The van der Waals surface area contributed by atoms with Crippen molar-refractivity contribution in [2.75, 3.05) is 6.54 Å². The van der Waals surface area contributed by atoms with E-state index in [0.29, 0.717) is 23.2 Å². The Morgan fingerprint density at radius 1 is 1.32 bits per heavy atom. The summed E-state index contributed by atoms with van der Waals surface area (Å²) in [6.07, 6.45) is 3.92. The average Bonchev–Trinajstić information content (AvgIpc) is 2.50. The van der Waals surface area contributed by atoms with Gasteiger partial charge in [-0.3, -0.25) is 4.90 Å². The van der Waals surface area contributed by atoms with Crippen molar-refractivity contribution in [2.24, 2.45) is 0 Å². The first-order valence-electron chi connectivity index (χ1n) is 7.40. The van der Waals surface area contributed by atoms with Crippen LogP contribution >= 0.6 is 11.6 Å². The first kappa shape index (κ1) is 15.3. The fraction of sp³-hybridized carbons (Fsp3) is 0.438. The number of hydrogen-bond donors (Lipinski definition) is 0. The maximum absolute atomic E-state index is 13.3. The van der Waals surface area contributed by atoms with Gasteiger partial charge in [0, 0.05) is 55.0 Å². The highest BCUT2D eigenvalue weighted by molar-refractivity contribution is 6.30. The molecule has 22 heavy (non-hydrogen) atoms. The Labute approximate surface area is 134 Å². The lowest BCUT2D eigenvalue weighted by atomic mass is 10.1. The fourth-order valence-electron chi connectivity index (χ4n) is 2.62. The lowest BCUT2D eigenvalue weighted by Crippen LogP contribution is -2.31. The molecule has 3 rings (SSSR count). The topological polar surface area (TPSA) is 41.9 Å². The molecule has 6 heteroatoms. The van der Waals surface area contributed by atoms with Gasteiger partial charge in [0.15, 0.2) is 0 Å². The standard InChI is InChI=1S/C16H18ClFN4/c1-10(2)16-20-6-12-9-22(4-3-14(12)21-16)8-11-5-13(18)7-19-15(11)17/h5-7,10H,3-4,8-9H2,1-2H3. The summed E-state index contributed by atoms with van der Waals surface area (Å²) in [5.74, 6) is 0.867. The maximum Gasteiger partial charge on any atom is 0.141 e. The number of halogens is 2. The van der Waals surface area contributed by atoms with Crippen molar-refractivity contribution in [1.82, 2.24) is 19.9 Å². The van der Waals surface area contributed by atoms with Crippen LogP contribution in [0.15, 0.2) is 18.5 Å². The van der Waals surface area contributed by atoms with Gasteiger partial charge in [0.2, 0.25) is 0 Å². The summed E-state index contributed by atoms with van der Waals surface area (Å²) >= 11 is 6.04. The third-order valence-electron chi connectivity index (χ3n) is 3.82. The van der Waals surface area contributed by atoms with Crippen LogP contribution in [0.4, 0.5) is 4.39 Å². The highest BCUT2D eigenvalue weighted by Gasteiger charge is 2.20. The third kappa shape index (κ3) is 3.25. The minimum Gasteiger partial charge on any atom is -0.294 e. The molecule has 0 saturated heterocycles. The first-order valence-corrected chi connectivity index (χ1v) is 7.77. The van der Waals surface area contributed by atoms with Crippen LogP contribution in [0, 0.1) is 5.82 Å². The van der Waals surface area contributed by atoms with Gasteiger partial charge in [-0.05, 0) is 6.07 Å². The summed E-state index contributed by atoms with van der Waals surface area (Å²) in [5.41, 5.74) is 2.97. The lowest BCUT2D eigenvalue weighted by Gasteiger charge is -2.28. The smallest absolute Gasteiger partial charge is 0.141 e. The Morgan fingerprint density at radius 2 is 2.14 bits per heavy atom. The molecule has 0 spiro atoms. The molecule has 1 aliphatic heterocycles. The van der Waals surface area contributed by atoms with Crippen LogP contribution in [0.3, 0.4) is 0 Å². The quantitative estimate of drug-likeness (QED) is 0.813. The molecule has 0 aromatic carbocycles. The summed E-state index contributed by atoms with van der Waals surface area (Å²) in [6.45, 7) is 6.38. The van der Waals surface area contributed by atoms with Crippen molar-refractivity contribution in [3.63, 3.8) is 0 Å². The Bertz CT molecular complexity index is 690. The number of nitrogens with zero attached hydrogens (tertiary/aromatic N) is 4. The molecule has 0 fully saturated rings. The Hall–Kier alpha value is -1.59. The van der Waals surface area contributed by atoms with Gasteiger partial charge in [0.05, 0.1) is 6.20 Å². The van der Waals surface area contributed by atoms with Gasteiger partial charge in [-0.15, -0.1) is 0 Å². The van der Waals surface area contributed by atoms with Crippen LogP contribution in [0.25, 0.3) is 0 Å². The van der Waals surface area contributed by atoms with Crippen LogP contribution in [-0.4, -0.2) is 26.4 Å². The number of rotatable bonds is 3. The minimum atomic E-state index is -0.360. The van der Waals surface area contributed by atoms with E-state index in [9.17, 15) is 4.39 Å². The molecule has 0 aliphatic carbocycles. The molecule has 0 atom stereocenters. The van der Waals surface area contributed by atoms with Crippen molar-refractivity contribution in [3.8, 4) is 0 Å². The molecule has 0 N–H and O–H groups in total. The van der Waals surface area contributed by atoms with Crippen LogP contribution in [0.2, 0.25) is 5.15 Å². The van der Waals surface area contributed by atoms with Crippen molar-refractivity contribution in [1.29, 1.82) is 0 Å². The molecule has 0 saturated carbocycles. The van der Waals surface area contributed by atoms with Gasteiger partial charge in [-0.1, -0.05) is 25.4 Å². The zero-order valence-electron chi connectivity index (χ0n) is 12.7. The Kier molecular flexibility index (Phi) is 4.36. The van der Waals surface area contributed by atoms with Crippen molar-refractivity contribution in [2.45, 2.75) is 39.3 Å². The Morgan fingerprint density at radius 3 is 2.91 bits per heavy atom. The van der Waals surface area contributed by atoms with Crippen LogP contribution in [0.1, 0.15) is 42.4 Å². The number of pyridine rings is 1. The zero-order chi connectivity index (χ0) is 15.7. The second-order valence-electron chi connectivity index (χ2n) is 5.92. The zero-order valence-corrected chi connectivity index (χ0v) is 13.4. The molecule has 0 radical (unpaired) electrons. The molecule has 2 aromatic rings. The van der Waals surface area contributed by atoms with E-state index in [2.05, 4.69) is 33.7 Å². The van der Waals surface area contributed by atoms with Gasteiger partial charge >= 0.3 is 0 Å². The van der Waals surface area contributed by atoms with Crippen LogP contribution in [-0.2, 0) is 19.5 Å². The highest BCUT2D eigenvalue weighted by atomic mass is 35.5. The van der Waals surface area contributed by atoms with Gasteiger partial charge < -0.3 is 0 Å². The molecular weight excluding hydrogens is 303 g/mol. The van der Waals surface area contributed by atoms with Crippen LogP contribution < -0.4 is 0 Å². The van der Waals surface area contributed by atoms with Crippen LogP contribution in [0.5, 0.6) is 0 Å². The van der Waals surface area contributed by atoms with Gasteiger partial charge in [-0.25, -0.2) is 19.3 Å². The molecule has 2 aromatic heterocycles. The van der Waals surface area contributed by atoms with E-state index in [1.165, 1.54) is 6.07 Å². The van der Waals surface area contributed by atoms with E-state index in [-0.39, 0.29) is 5.82 Å². The largest absolute Gasteiger partial charge is 0.294 e. The Balaban J connectivity index is 1.76. The molecule has 0 bridgehead atoms. The minimum absolute atomic E-state index is 0.334. The van der Waals surface area contributed by atoms with Gasteiger partial charge in [0.25, 0.3) is 0 Å². The maximum atomic E-state index is 13.3. The molecular formula is C16H18ClFN4. The molecule has 1 aliphatic rings. The summed E-state index contributed by atoms with van der Waals surface area (Å²) in [7, 11) is 0. The SMILES string of the molecule is CC(C)c1ncc2c(n1)CCN(Cc1cc(F)cnc1Cl)C2. The highest BCUT2D eigenvalue weighted by Crippen LogP contribution is 2.22. The van der Waals surface area contributed by atoms with E-state index in [1.807, 2.05) is 6.20 Å². The van der Waals surface area contributed by atoms with E-state index in [1.54, 1.807) is 0 Å². The summed E-state index contributed by atoms with van der Waals surface area (Å²) in [5, 5.41) is 0.360. The van der Waals surface area contributed by atoms with Gasteiger partial charge in [0.1, 0.15) is 16.8 Å². The second kappa shape index (κ2) is 6.26. The lowest BCUT2D eigenvalue weighted by molar-refractivity contribution is 0.242. The predicted molar refractivity (Wildman–Crippen MR) is 83.1 cm³/mol. The molecule has 0 unspecified atom stereocenters. The monoisotopic (exact) mass is 320 g/mol. The van der Waals surface area contributed by atoms with E-state index in [0.717, 1.165) is 42.8 Å². The molecule has 0 amide bonds. The van der Waals surface area contributed by atoms with Crippen molar-refractivity contribution in [3.05, 3.63) is 52.1 Å². The van der Waals surface area contributed by atoms with Crippen molar-refractivity contribution >= 4 is 11.6 Å². The van der Waals surface area contributed by atoms with Crippen molar-refractivity contribution < 1.29 is 4.39 Å². The van der Waals surface area contributed by atoms with E-state index >= 15 is 0 Å². The molecule has 4 nitrogen and oxygen atoms in total. The normalized spacial score (nSPS) is 15.1. The third-order valence-corrected chi connectivity index (χ3v) is 4.16.